The molecule has 0 fully saturated rings. The molecule has 2 aliphatic rings. The zero-order chi connectivity index (χ0) is 33.1. The minimum Gasteiger partial charge on any atom is -0.508 e. The van der Waals surface area contributed by atoms with Gasteiger partial charge in [0.2, 0.25) is 0 Å². The molecule has 0 bridgehead atoms. The van der Waals surface area contributed by atoms with Crippen molar-refractivity contribution in [2.24, 2.45) is 0 Å². The lowest BCUT2D eigenvalue weighted by molar-refractivity contribution is -0.132. The van der Waals surface area contributed by atoms with E-state index < -0.39 is 23.8 Å². The number of carbonyl (C=O) groups excluding carboxylic acids is 4. The standard InChI is InChI=1S/C19H15BrO6.C15H11BrO4/c1-10(21)25-13-5-3-12(4-6-13)15-9-24-19-14(18(15)23)7-8-16(17(19)20)26-11(2)22;16-13-12(18)6-5-10-14(19)11(7-20-15(10)13)8-1-3-9(17)4-2-8/h3-8,15H,9H2,1-2H3;1-6,11,17-18H,7H2. The van der Waals surface area contributed by atoms with Crippen LogP contribution in [0.25, 0.3) is 0 Å². The lowest BCUT2D eigenvalue weighted by Gasteiger charge is -2.26. The zero-order valence-corrected chi connectivity index (χ0v) is 27.6. The van der Waals surface area contributed by atoms with E-state index in [-0.39, 0.29) is 36.3 Å². The molecule has 0 saturated heterocycles. The number of carbonyl (C=O) groups is 4. The van der Waals surface area contributed by atoms with Crippen molar-refractivity contribution in [1.82, 2.24) is 0 Å². The van der Waals surface area contributed by atoms with E-state index in [1.165, 1.54) is 19.9 Å². The summed E-state index contributed by atoms with van der Waals surface area (Å²) in [6.45, 7) is 2.98. The normalized spacial score (nSPS) is 16.4. The van der Waals surface area contributed by atoms with Crippen LogP contribution in [0.1, 0.15) is 57.5 Å². The van der Waals surface area contributed by atoms with Crippen molar-refractivity contribution in [3.63, 3.8) is 0 Å². The Labute approximate surface area is 280 Å². The molecule has 0 aliphatic carbocycles. The van der Waals surface area contributed by atoms with Crippen LogP contribution in [0.4, 0.5) is 0 Å². The first kappa shape index (κ1) is 32.7. The fourth-order valence-corrected chi connectivity index (χ4v) is 5.99. The van der Waals surface area contributed by atoms with Gasteiger partial charge in [-0.2, -0.15) is 0 Å². The van der Waals surface area contributed by atoms with Gasteiger partial charge in [0, 0.05) is 13.8 Å². The Morgan fingerprint density at radius 1 is 0.674 bits per heavy atom. The van der Waals surface area contributed by atoms with Crippen molar-refractivity contribution >= 4 is 55.4 Å². The maximum absolute atomic E-state index is 12.9. The Kier molecular flexibility index (Phi) is 9.78. The van der Waals surface area contributed by atoms with E-state index in [1.54, 1.807) is 66.7 Å². The molecule has 2 N–H and O–H groups in total. The van der Waals surface area contributed by atoms with E-state index in [2.05, 4.69) is 31.9 Å². The number of halogens is 2. The number of hydrogen-bond acceptors (Lipinski definition) is 10. The summed E-state index contributed by atoms with van der Waals surface area (Å²) in [5, 5.41) is 18.9. The number of ketones is 2. The molecule has 2 heterocycles. The van der Waals surface area contributed by atoms with E-state index in [4.69, 9.17) is 18.9 Å². The molecule has 6 rings (SSSR count). The topological polar surface area (TPSA) is 146 Å². The SMILES string of the molecule is CC(=O)Oc1ccc(C2COc3c(ccc(OC(C)=O)c3Br)C2=O)cc1.O=C1c2ccc(O)c(Br)c2OCC1c1ccc(O)cc1. The van der Waals surface area contributed by atoms with Gasteiger partial charge in [-0.3, -0.25) is 19.2 Å². The van der Waals surface area contributed by atoms with Gasteiger partial charge in [-0.05, 0) is 91.5 Å². The van der Waals surface area contributed by atoms with E-state index in [9.17, 15) is 29.4 Å². The first-order valence-electron chi connectivity index (χ1n) is 13.9. The molecule has 46 heavy (non-hydrogen) atoms. The second-order valence-electron chi connectivity index (χ2n) is 10.3. The van der Waals surface area contributed by atoms with Crippen molar-refractivity contribution in [3.05, 3.63) is 104 Å². The summed E-state index contributed by atoms with van der Waals surface area (Å²) < 4.78 is 22.3. The highest BCUT2D eigenvalue weighted by atomic mass is 79.9. The highest BCUT2D eigenvalue weighted by molar-refractivity contribution is 9.11. The van der Waals surface area contributed by atoms with Gasteiger partial charge in [0.05, 0.1) is 23.0 Å². The fourth-order valence-electron chi connectivity index (χ4n) is 4.98. The number of benzene rings is 4. The number of phenolic OH excluding ortho intramolecular Hbond substituents is 2. The quantitative estimate of drug-likeness (QED) is 0.167. The molecule has 4 aromatic rings. The van der Waals surface area contributed by atoms with Crippen LogP contribution in [0.2, 0.25) is 0 Å². The van der Waals surface area contributed by atoms with Crippen LogP contribution in [0, 0.1) is 0 Å². The van der Waals surface area contributed by atoms with E-state index >= 15 is 0 Å². The summed E-state index contributed by atoms with van der Waals surface area (Å²) in [5.74, 6) is -0.236. The van der Waals surface area contributed by atoms with Crippen LogP contribution < -0.4 is 18.9 Å². The Balaban J connectivity index is 0.000000187. The average Bonchev–Trinajstić information content (AvgIpc) is 3.02. The molecule has 0 radical (unpaired) electrons. The smallest absolute Gasteiger partial charge is 0.308 e. The molecule has 236 valence electrons. The van der Waals surface area contributed by atoms with Crippen LogP contribution in [-0.4, -0.2) is 46.9 Å². The maximum Gasteiger partial charge on any atom is 0.308 e. The van der Waals surface area contributed by atoms with Gasteiger partial charge < -0.3 is 29.2 Å². The minimum atomic E-state index is -0.472. The summed E-state index contributed by atoms with van der Waals surface area (Å²) in [6.07, 6.45) is 0. The van der Waals surface area contributed by atoms with Crippen molar-refractivity contribution in [1.29, 1.82) is 0 Å². The number of ether oxygens (including phenoxy) is 4. The first-order chi connectivity index (χ1) is 21.9. The predicted molar refractivity (Wildman–Crippen MR) is 172 cm³/mol. The Bertz CT molecular complexity index is 1830. The molecule has 0 amide bonds. The number of esters is 2. The summed E-state index contributed by atoms with van der Waals surface area (Å²) in [6, 6.07) is 19.4. The zero-order valence-electron chi connectivity index (χ0n) is 24.4. The number of fused-ring (bicyclic) bond motifs is 2. The van der Waals surface area contributed by atoms with E-state index in [1.807, 2.05) is 0 Å². The summed E-state index contributed by atoms with van der Waals surface area (Å²) >= 11 is 6.55. The second-order valence-corrected chi connectivity index (χ2v) is 11.9. The summed E-state index contributed by atoms with van der Waals surface area (Å²) in [4.78, 5) is 47.5. The van der Waals surface area contributed by atoms with Gasteiger partial charge in [-0.15, -0.1) is 0 Å². The van der Waals surface area contributed by atoms with Crippen LogP contribution in [0.15, 0.2) is 81.7 Å². The molecule has 2 unspecified atom stereocenters. The summed E-state index contributed by atoms with van der Waals surface area (Å²) in [7, 11) is 0. The third-order valence-electron chi connectivity index (χ3n) is 7.18. The Morgan fingerprint density at radius 2 is 1.15 bits per heavy atom. The van der Waals surface area contributed by atoms with Crippen molar-refractivity contribution < 1.29 is 48.3 Å². The molecule has 12 heteroatoms. The highest BCUT2D eigenvalue weighted by Gasteiger charge is 2.33. The van der Waals surface area contributed by atoms with Gasteiger partial charge in [0.1, 0.15) is 56.7 Å². The number of phenols is 2. The molecule has 2 atom stereocenters. The Morgan fingerprint density at radius 3 is 1.67 bits per heavy atom. The van der Waals surface area contributed by atoms with Gasteiger partial charge >= 0.3 is 11.9 Å². The third kappa shape index (κ3) is 6.92. The average molecular weight is 754 g/mol. The molecule has 10 nitrogen and oxygen atoms in total. The molecule has 0 aromatic heterocycles. The largest absolute Gasteiger partial charge is 0.508 e. The van der Waals surface area contributed by atoms with E-state index in [0.717, 1.165) is 11.1 Å². The van der Waals surface area contributed by atoms with Crippen LogP contribution in [-0.2, 0) is 9.59 Å². The van der Waals surface area contributed by atoms with Crippen LogP contribution in [0.3, 0.4) is 0 Å². The minimum absolute atomic E-state index is 0.0413. The molecule has 0 saturated carbocycles. The Hall–Kier alpha value is -4.68. The van der Waals surface area contributed by atoms with Crippen molar-refractivity contribution in [3.8, 4) is 34.5 Å². The number of Topliss-reactive ketones (excluding diaryl/α,β-unsaturated/α-hetero) is 2. The number of aromatic hydroxyl groups is 2. The first-order valence-corrected chi connectivity index (χ1v) is 15.5. The monoisotopic (exact) mass is 752 g/mol. The molecule has 4 aromatic carbocycles. The molecule has 0 spiro atoms. The van der Waals surface area contributed by atoms with Crippen LogP contribution in [0.5, 0.6) is 34.5 Å². The summed E-state index contributed by atoms with van der Waals surface area (Å²) in [5.41, 5.74) is 2.41. The molecular formula is C34H26Br2O10. The van der Waals surface area contributed by atoms with Gasteiger partial charge in [-0.1, -0.05) is 24.3 Å². The van der Waals surface area contributed by atoms with Gasteiger partial charge in [-0.25, -0.2) is 0 Å². The number of rotatable bonds is 4. The third-order valence-corrected chi connectivity index (χ3v) is 8.70. The predicted octanol–water partition coefficient (Wildman–Crippen LogP) is 6.88. The van der Waals surface area contributed by atoms with Crippen molar-refractivity contribution in [2.75, 3.05) is 13.2 Å². The molecule has 2 aliphatic heterocycles. The lowest BCUT2D eigenvalue weighted by Crippen LogP contribution is -2.26. The fraction of sp³-hybridized carbons (Fsp3) is 0.176. The van der Waals surface area contributed by atoms with Crippen LogP contribution >= 0.6 is 31.9 Å². The second kappa shape index (κ2) is 13.8. The molecular weight excluding hydrogens is 728 g/mol. The van der Waals surface area contributed by atoms with Gasteiger partial charge in [0.15, 0.2) is 11.6 Å². The van der Waals surface area contributed by atoms with Crippen molar-refractivity contribution in [2.45, 2.75) is 25.7 Å². The maximum atomic E-state index is 12.9. The van der Waals surface area contributed by atoms with Gasteiger partial charge in [0.25, 0.3) is 0 Å². The lowest BCUT2D eigenvalue weighted by atomic mass is 9.89. The highest BCUT2D eigenvalue weighted by Crippen LogP contribution is 2.43. The number of hydrogen-bond donors (Lipinski definition) is 2. The van der Waals surface area contributed by atoms with E-state index in [0.29, 0.717) is 43.1 Å².